The van der Waals surface area contributed by atoms with Gasteiger partial charge in [-0.3, -0.25) is 9.59 Å². The quantitative estimate of drug-likeness (QED) is 0.212. The van der Waals surface area contributed by atoms with Crippen LogP contribution in [0.3, 0.4) is 0 Å². The Morgan fingerprint density at radius 3 is 2.22 bits per heavy atom. The van der Waals surface area contributed by atoms with Gasteiger partial charge in [-0.2, -0.15) is 4.31 Å². The Morgan fingerprint density at radius 2 is 1.57 bits per heavy atom. The van der Waals surface area contributed by atoms with Gasteiger partial charge in [0, 0.05) is 32.6 Å². The van der Waals surface area contributed by atoms with Crippen molar-refractivity contribution in [2.75, 3.05) is 26.7 Å². The number of carbonyl (C=O) groups excluding carboxylic acids is 2. The lowest BCUT2D eigenvalue weighted by molar-refractivity contribution is -0.141. The fourth-order valence-corrected chi connectivity index (χ4v) is 7.75. The summed E-state index contributed by atoms with van der Waals surface area (Å²) >= 11 is 0. The zero-order valence-electron chi connectivity index (χ0n) is 26.7. The number of amides is 2. The second-order valence-corrected chi connectivity index (χ2v) is 14.0. The van der Waals surface area contributed by atoms with Gasteiger partial charge in [-0.05, 0) is 92.3 Å². The second kappa shape index (κ2) is 16.1. The summed E-state index contributed by atoms with van der Waals surface area (Å²) in [5.74, 6) is 0.343. The predicted octanol–water partition coefficient (Wildman–Crippen LogP) is 6.19. The number of aryl methyl sites for hydroxylation is 1. The van der Waals surface area contributed by atoms with E-state index in [0.717, 1.165) is 48.8 Å². The number of nitrogens with zero attached hydrogens (tertiary/aromatic N) is 2. The molecule has 0 bridgehead atoms. The molecule has 2 amide bonds. The summed E-state index contributed by atoms with van der Waals surface area (Å²) in [5.41, 5.74) is 3.87. The van der Waals surface area contributed by atoms with Crippen molar-refractivity contribution in [3.8, 4) is 5.75 Å². The maximum Gasteiger partial charge on any atom is 0.247 e. The summed E-state index contributed by atoms with van der Waals surface area (Å²) in [5, 5.41) is 3.13. The van der Waals surface area contributed by atoms with Crippen molar-refractivity contribution in [3.63, 3.8) is 0 Å². The molecule has 8 nitrogen and oxygen atoms in total. The van der Waals surface area contributed by atoms with Gasteiger partial charge in [0.2, 0.25) is 21.8 Å². The maximum atomic E-state index is 14.1. The van der Waals surface area contributed by atoms with E-state index in [-0.39, 0.29) is 29.7 Å². The lowest BCUT2D eigenvalue weighted by Crippen LogP contribution is -2.43. The SMILES string of the molecule is COc1ccc(CN(C(=O)CCc2ccc(S(=O)(=O)N3CCCC3)cc2)[C@H](C(=O)NCCC2=CCCCC2)c2ccccc2)cc1. The van der Waals surface area contributed by atoms with Crippen LogP contribution in [0.1, 0.15) is 74.1 Å². The van der Waals surface area contributed by atoms with Crippen LogP contribution in [0.5, 0.6) is 5.75 Å². The molecule has 0 saturated carbocycles. The standard InChI is InChI=1S/C37H45N3O5S/c1-45-33-19-14-31(15-20-33)28-40(35(41)23-18-30-16-21-34(22-17-30)46(43,44)39-26-8-9-27-39)36(32-12-6-3-7-13-32)37(42)38-25-24-29-10-4-2-5-11-29/h3,6-7,10,12-17,19-22,36H,2,4-5,8-9,11,18,23-28H2,1H3,(H,38,42)/t36-/m0/s1. The molecule has 2 aliphatic rings. The van der Waals surface area contributed by atoms with E-state index >= 15 is 0 Å². The van der Waals surface area contributed by atoms with E-state index in [0.29, 0.717) is 31.8 Å². The first-order valence-corrected chi connectivity index (χ1v) is 17.8. The third-order valence-corrected chi connectivity index (χ3v) is 10.8. The normalized spacial score (nSPS) is 16.0. The molecule has 1 saturated heterocycles. The van der Waals surface area contributed by atoms with E-state index in [1.165, 1.54) is 22.7 Å². The number of sulfonamides is 1. The van der Waals surface area contributed by atoms with E-state index in [9.17, 15) is 18.0 Å². The van der Waals surface area contributed by atoms with Gasteiger partial charge in [0.05, 0.1) is 12.0 Å². The smallest absolute Gasteiger partial charge is 0.247 e. The highest BCUT2D eigenvalue weighted by Crippen LogP contribution is 2.27. The number of methoxy groups -OCH3 is 1. The topological polar surface area (TPSA) is 96.0 Å². The highest BCUT2D eigenvalue weighted by atomic mass is 32.2. The largest absolute Gasteiger partial charge is 0.497 e. The monoisotopic (exact) mass is 643 g/mol. The maximum absolute atomic E-state index is 14.1. The molecule has 1 heterocycles. The van der Waals surface area contributed by atoms with Gasteiger partial charge in [0.25, 0.3) is 0 Å². The molecule has 1 aliphatic carbocycles. The summed E-state index contributed by atoms with van der Waals surface area (Å²) < 4.78 is 32.8. The molecule has 5 rings (SSSR count). The first kappa shape index (κ1) is 33.4. The number of allylic oxidation sites excluding steroid dienone is 1. The Kier molecular flexibility index (Phi) is 11.7. The van der Waals surface area contributed by atoms with Crippen LogP contribution in [0.25, 0.3) is 0 Å². The molecule has 0 unspecified atom stereocenters. The molecule has 0 radical (unpaired) electrons. The number of benzene rings is 3. The molecule has 9 heteroatoms. The first-order valence-electron chi connectivity index (χ1n) is 16.4. The molecule has 3 aromatic carbocycles. The van der Waals surface area contributed by atoms with Crippen molar-refractivity contribution in [1.29, 1.82) is 0 Å². The van der Waals surface area contributed by atoms with Crippen LogP contribution in [-0.2, 0) is 32.6 Å². The zero-order valence-corrected chi connectivity index (χ0v) is 27.5. The minimum Gasteiger partial charge on any atom is -0.497 e. The van der Waals surface area contributed by atoms with Crippen molar-refractivity contribution in [1.82, 2.24) is 14.5 Å². The molecular formula is C37H45N3O5S. The van der Waals surface area contributed by atoms with Crippen molar-refractivity contribution in [3.05, 3.63) is 107 Å². The Bertz CT molecular complexity index is 1580. The first-order chi connectivity index (χ1) is 22.3. The summed E-state index contributed by atoms with van der Waals surface area (Å²) in [6.07, 6.45) is 10.0. The minimum absolute atomic E-state index is 0.163. The Morgan fingerprint density at radius 1 is 0.870 bits per heavy atom. The van der Waals surface area contributed by atoms with Gasteiger partial charge in [-0.1, -0.05) is 66.2 Å². The molecule has 1 fully saturated rings. The van der Waals surface area contributed by atoms with Gasteiger partial charge in [-0.25, -0.2) is 8.42 Å². The number of ether oxygens (including phenoxy) is 1. The van der Waals surface area contributed by atoms with Crippen LogP contribution in [0, 0.1) is 0 Å². The van der Waals surface area contributed by atoms with Crippen molar-refractivity contribution in [2.24, 2.45) is 0 Å². The lowest BCUT2D eigenvalue weighted by Gasteiger charge is -2.32. The van der Waals surface area contributed by atoms with E-state index in [4.69, 9.17) is 4.74 Å². The molecule has 1 atom stereocenters. The van der Waals surface area contributed by atoms with E-state index < -0.39 is 16.1 Å². The number of hydrogen-bond acceptors (Lipinski definition) is 5. The molecule has 0 spiro atoms. The highest BCUT2D eigenvalue weighted by molar-refractivity contribution is 7.89. The average Bonchev–Trinajstić information content (AvgIpc) is 3.65. The van der Waals surface area contributed by atoms with Gasteiger partial charge >= 0.3 is 0 Å². The van der Waals surface area contributed by atoms with Crippen molar-refractivity contribution < 1.29 is 22.7 Å². The zero-order chi connectivity index (χ0) is 32.4. The van der Waals surface area contributed by atoms with Crippen LogP contribution in [0.4, 0.5) is 0 Å². The molecule has 3 aromatic rings. The molecule has 1 N–H and O–H groups in total. The average molecular weight is 644 g/mol. The van der Waals surface area contributed by atoms with Crippen molar-refractivity contribution >= 4 is 21.8 Å². The summed E-state index contributed by atoms with van der Waals surface area (Å²) in [7, 11) is -1.90. The third kappa shape index (κ3) is 8.65. The minimum atomic E-state index is -3.51. The Balaban J connectivity index is 1.35. The molecule has 0 aromatic heterocycles. The van der Waals surface area contributed by atoms with Crippen LogP contribution in [0.2, 0.25) is 0 Å². The summed E-state index contributed by atoms with van der Waals surface area (Å²) in [6.45, 7) is 1.87. The van der Waals surface area contributed by atoms with E-state index in [1.807, 2.05) is 54.6 Å². The number of nitrogens with one attached hydrogen (secondary N) is 1. The second-order valence-electron chi connectivity index (χ2n) is 12.1. The van der Waals surface area contributed by atoms with Crippen LogP contribution >= 0.6 is 0 Å². The molecule has 1 aliphatic heterocycles. The van der Waals surface area contributed by atoms with Crippen LogP contribution < -0.4 is 10.1 Å². The van der Waals surface area contributed by atoms with Gasteiger partial charge in [0.1, 0.15) is 11.8 Å². The molecular weight excluding hydrogens is 598 g/mol. The lowest BCUT2D eigenvalue weighted by atomic mass is 9.97. The van der Waals surface area contributed by atoms with E-state index in [1.54, 1.807) is 36.3 Å². The summed E-state index contributed by atoms with van der Waals surface area (Å²) in [4.78, 5) is 30.0. The number of hydrogen-bond donors (Lipinski definition) is 1. The van der Waals surface area contributed by atoms with Gasteiger partial charge < -0.3 is 15.0 Å². The van der Waals surface area contributed by atoms with Crippen LogP contribution in [0.15, 0.2) is 95.4 Å². The van der Waals surface area contributed by atoms with E-state index in [2.05, 4.69) is 11.4 Å². The third-order valence-electron chi connectivity index (χ3n) is 8.89. The van der Waals surface area contributed by atoms with Crippen molar-refractivity contribution in [2.45, 2.75) is 75.3 Å². The summed E-state index contributed by atoms with van der Waals surface area (Å²) in [6, 6.07) is 23.0. The predicted molar refractivity (Wildman–Crippen MR) is 180 cm³/mol. The fraction of sp³-hybridized carbons (Fsp3) is 0.405. The highest BCUT2D eigenvalue weighted by Gasteiger charge is 2.32. The number of carbonyl (C=O) groups is 2. The van der Waals surface area contributed by atoms with Crippen LogP contribution in [-0.4, -0.2) is 56.2 Å². The van der Waals surface area contributed by atoms with Gasteiger partial charge in [0.15, 0.2) is 0 Å². The molecule has 244 valence electrons. The molecule has 46 heavy (non-hydrogen) atoms. The Hall–Kier alpha value is -3.95. The number of rotatable bonds is 14. The Labute approximate surface area is 273 Å². The fourth-order valence-electron chi connectivity index (χ4n) is 6.23. The van der Waals surface area contributed by atoms with Gasteiger partial charge in [-0.15, -0.1) is 0 Å².